The molecule has 0 unspecified atom stereocenters. The molecule has 2 heteroatoms. The van der Waals surface area contributed by atoms with Crippen LogP contribution >= 0.6 is 0 Å². The second-order valence-corrected chi connectivity index (χ2v) is 8.91. The van der Waals surface area contributed by atoms with E-state index in [-0.39, 0.29) is 0 Å². The van der Waals surface area contributed by atoms with Gasteiger partial charge in [0, 0.05) is 10.8 Å². The molecule has 0 aliphatic carbocycles. The number of pyridine rings is 1. The molecule has 0 amide bonds. The third-order valence-corrected chi connectivity index (χ3v) is 6.14. The lowest BCUT2D eigenvalue weighted by Crippen LogP contribution is -2.08. The van der Waals surface area contributed by atoms with Crippen molar-refractivity contribution in [2.24, 2.45) is 0 Å². The minimum atomic E-state index is 0.423. The van der Waals surface area contributed by atoms with E-state index in [2.05, 4.69) is 117 Å². The van der Waals surface area contributed by atoms with E-state index in [1.165, 1.54) is 33.1 Å². The molecule has 0 bridgehead atoms. The minimum absolute atomic E-state index is 0.423. The smallest absolute Gasteiger partial charge is 0.0878 e. The van der Waals surface area contributed by atoms with Crippen LogP contribution in [0.2, 0.25) is 0 Å². The Morgan fingerprint density at radius 2 is 1.29 bits per heavy atom. The topological polar surface area (TPSA) is 17.8 Å². The number of aromatic nitrogens is 2. The van der Waals surface area contributed by atoms with Gasteiger partial charge in [0.1, 0.15) is 0 Å². The lowest BCUT2D eigenvalue weighted by Gasteiger charge is -2.23. The van der Waals surface area contributed by atoms with Gasteiger partial charge in [0.15, 0.2) is 0 Å². The molecule has 0 aliphatic rings. The summed E-state index contributed by atoms with van der Waals surface area (Å²) in [7, 11) is 0. The maximum Gasteiger partial charge on any atom is 0.0878 e. The Morgan fingerprint density at radius 3 is 2.00 bits per heavy atom. The number of fused-ring (bicyclic) bond motifs is 2. The first-order valence-electron chi connectivity index (χ1n) is 11.1. The van der Waals surface area contributed by atoms with Gasteiger partial charge in [-0.05, 0) is 47.2 Å². The fourth-order valence-corrected chi connectivity index (χ4v) is 4.56. The summed E-state index contributed by atoms with van der Waals surface area (Å²) in [5.74, 6) is 0.847. The van der Waals surface area contributed by atoms with Crippen LogP contribution in [0.4, 0.5) is 0 Å². The zero-order valence-corrected chi connectivity index (χ0v) is 18.6. The first-order chi connectivity index (χ1) is 15.0. The molecule has 2 aromatic heterocycles. The molecule has 0 aliphatic heterocycles. The highest BCUT2D eigenvalue weighted by Gasteiger charge is 2.21. The summed E-state index contributed by atoms with van der Waals surface area (Å²) in [6, 6.07) is 30.4. The van der Waals surface area contributed by atoms with E-state index in [0.29, 0.717) is 11.8 Å². The molecule has 5 aromatic rings. The van der Waals surface area contributed by atoms with Crippen LogP contribution in [0.1, 0.15) is 50.7 Å². The maximum absolute atomic E-state index is 5.06. The second-order valence-electron chi connectivity index (χ2n) is 8.91. The Bertz CT molecular complexity index is 1360. The molecule has 5 rings (SSSR count). The Kier molecular flexibility index (Phi) is 4.86. The third kappa shape index (κ3) is 3.33. The number of hydrogen-bond donors (Lipinski definition) is 0. The highest BCUT2D eigenvalue weighted by molar-refractivity contribution is 5.90. The van der Waals surface area contributed by atoms with Crippen LogP contribution < -0.4 is 0 Å². The molecule has 2 nitrogen and oxygen atoms in total. The summed E-state index contributed by atoms with van der Waals surface area (Å²) in [6.45, 7) is 9.12. The van der Waals surface area contributed by atoms with Crippen molar-refractivity contribution in [2.45, 2.75) is 39.5 Å². The molecule has 0 spiro atoms. The van der Waals surface area contributed by atoms with Crippen molar-refractivity contribution in [3.05, 3.63) is 96.1 Å². The van der Waals surface area contributed by atoms with Gasteiger partial charge in [-0.25, -0.2) is 4.98 Å². The largest absolute Gasteiger partial charge is 0.307 e. The first-order valence-corrected chi connectivity index (χ1v) is 11.1. The number of benzene rings is 3. The van der Waals surface area contributed by atoms with E-state index in [1.54, 1.807) is 0 Å². The van der Waals surface area contributed by atoms with Crippen molar-refractivity contribution >= 4 is 21.8 Å². The summed E-state index contributed by atoms with van der Waals surface area (Å²) in [5, 5.41) is 2.40. The van der Waals surface area contributed by atoms with Gasteiger partial charge in [-0.1, -0.05) is 88.4 Å². The number of rotatable bonds is 4. The summed E-state index contributed by atoms with van der Waals surface area (Å²) >= 11 is 0. The molecular weight excluding hydrogens is 376 g/mol. The fourth-order valence-electron chi connectivity index (χ4n) is 4.56. The predicted molar refractivity (Wildman–Crippen MR) is 132 cm³/mol. The van der Waals surface area contributed by atoms with Gasteiger partial charge in [0.25, 0.3) is 0 Å². The second kappa shape index (κ2) is 7.70. The normalized spacial score (nSPS) is 11.8. The van der Waals surface area contributed by atoms with Crippen LogP contribution in [0.5, 0.6) is 0 Å². The van der Waals surface area contributed by atoms with Crippen LogP contribution in [0.15, 0.2) is 84.9 Å². The quantitative estimate of drug-likeness (QED) is 0.296. The van der Waals surface area contributed by atoms with Gasteiger partial charge >= 0.3 is 0 Å². The molecule has 0 fully saturated rings. The lowest BCUT2D eigenvalue weighted by atomic mass is 9.92. The van der Waals surface area contributed by atoms with E-state index >= 15 is 0 Å². The van der Waals surface area contributed by atoms with E-state index in [0.717, 1.165) is 16.9 Å². The summed E-state index contributed by atoms with van der Waals surface area (Å²) in [5.41, 5.74) is 8.44. The molecule has 2 heterocycles. The standard InChI is InChI=1S/C29H28N2/c1-19(2)23-12-9-13-24(20(3)4)29(23)31-27-15-8-6-11-22(27)18-28(31)26-17-16-21-10-5-7-14-25(21)30-26/h5-20H,1-4H3. The van der Waals surface area contributed by atoms with Gasteiger partial charge in [-0.2, -0.15) is 0 Å². The summed E-state index contributed by atoms with van der Waals surface area (Å²) in [6.07, 6.45) is 0. The van der Waals surface area contributed by atoms with Crippen molar-refractivity contribution in [3.8, 4) is 17.1 Å². The fraction of sp³-hybridized carbons (Fsp3) is 0.207. The zero-order chi connectivity index (χ0) is 21.5. The average molecular weight is 405 g/mol. The van der Waals surface area contributed by atoms with Crippen molar-refractivity contribution < 1.29 is 0 Å². The highest BCUT2D eigenvalue weighted by Crippen LogP contribution is 2.38. The van der Waals surface area contributed by atoms with Crippen molar-refractivity contribution in [1.82, 2.24) is 9.55 Å². The van der Waals surface area contributed by atoms with E-state index < -0.39 is 0 Å². The molecule has 0 atom stereocenters. The number of hydrogen-bond acceptors (Lipinski definition) is 1. The van der Waals surface area contributed by atoms with E-state index in [9.17, 15) is 0 Å². The molecule has 3 aromatic carbocycles. The molecule has 0 saturated heterocycles. The third-order valence-electron chi connectivity index (χ3n) is 6.14. The lowest BCUT2D eigenvalue weighted by molar-refractivity contribution is 0.812. The predicted octanol–water partition coefficient (Wildman–Crippen LogP) is 8.09. The van der Waals surface area contributed by atoms with Gasteiger partial charge in [0.2, 0.25) is 0 Å². The Labute approximate surface area is 184 Å². The molecule has 0 N–H and O–H groups in total. The number of nitrogens with zero attached hydrogens (tertiary/aromatic N) is 2. The number of para-hydroxylation sites is 3. The molecule has 31 heavy (non-hydrogen) atoms. The maximum atomic E-state index is 5.06. The minimum Gasteiger partial charge on any atom is -0.307 e. The van der Waals surface area contributed by atoms with Gasteiger partial charge in [-0.3, -0.25) is 0 Å². The monoisotopic (exact) mass is 404 g/mol. The Balaban J connectivity index is 1.89. The molecule has 154 valence electrons. The highest BCUT2D eigenvalue weighted by atomic mass is 15.0. The summed E-state index contributed by atoms with van der Waals surface area (Å²) < 4.78 is 2.44. The van der Waals surface area contributed by atoms with Gasteiger partial charge in [-0.15, -0.1) is 0 Å². The van der Waals surface area contributed by atoms with Crippen molar-refractivity contribution in [2.75, 3.05) is 0 Å². The van der Waals surface area contributed by atoms with Crippen LogP contribution in [-0.4, -0.2) is 9.55 Å². The molecule has 0 radical (unpaired) electrons. The SMILES string of the molecule is CC(C)c1cccc(C(C)C)c1-n1c(-c2ccc3ccccc3n2)cc2ccccc21. The first kappa shape index (κ1) is 19.6. The van der Waals surface area contributed by atoms with Crippen molar-refractivity contribution in [3.63, 3.8) is 0 Å². The van der Waals surface area contributed by atoms with E-state index in [4.69, 9.17) is 4.98 Å². The van der Waals surface area contributed by atoms with Crippen LogP contribution in [0, 0.1) is 0 Å². The van der Waals surface area contributed by atoms with Crippen LogP contribution in [-0.2, 0) is 0 Å². The zero-order valence-electron chi connectivity index (χ0n) is 18.6. The van der Waals surface area contributed by atoms with Crippen LogP contribution in [0.25, 0.3) is 38.9 Å². The molecule has 0 saturated carbocycles. The Morgan fingerprint density at radius 1 is 0.645 bits per heavy atom. The van der Waals surface area contributed by atoms with E-state index in [1.807, 2.05) is 0 Å². The van der Waals surface area contributed by atoms with Crippen molar-refractivity contribution in [1.29, 1.82) is 0 Å². The average Bonchev–Trinajstić information content (AvgIpc) is 3.17. The van der Waals surface area contributed by atoms with Gasteiger partial charge in [0.05, 0.1) is 28.1 Å². The van der Waals surface area contributed by atoms with Gasteiger partial charge < -0.3 is 4.57 Å². The van der Waals surface area contributed by atoms with Crippen LogP contribution in [0.3, 0.4) is 0 Å². The molecular formula is C29H28N2. The summed E-state index contributed by atoms with van der Waals surface area (Å²) in [4.78, 5) is 5.06. The Hall–Kier alpha value is -3.39.